The van der Waals surface area contributed by atoms with E-state index < -0.39 is 5.60 Å². The highest BCUT2D eigenvalue weighted by Gasteiger charge is 2.32. The first-order chi connectivity index (χ1) is 10.5. The molecule has 0 aliphatic carbocycles. The number of nitriles is 1. The second kappa shape index (κ2) is 8.40. The second-order valence-electron chi connectivity index (χ2n) is 5.14. The molecule has 0 bridgehead atoms. The molecule has 0 saturated heterocycles. The lowest BCUT2D eigenvalue weighted by Gasteiger charge is -2.27. The summed E-state index contributed by atoms with van der Waals surface area (Å²) in [5.41, 5.74) is -0.0635. The van der Waals surface area contributed by atoms with Crippen LogP contribution in [0.5, 0.6) is 5.75 Å². The molecular weight excluding hydrogens is 280 g/mol. The molecule has 0 radical (unpaired) electrons. The maximum atomic E-state index is 12.4. The molecule has 1 rings (SSSR count). The first-order valence-corrected chi connectivity index (χ1v) is 7.63. The predicted molar refractivity (Wildman–Crippen MR) is 85.9 cm³/mol. The Morgan fingerprint density at radius 2 is 2.09 bits per heavy atom. The molecule has 0 aromatic heterocycles. The molecule has 5 nitrogen and oxygen atoms in total. The van der Waals surface area contributed by atoms with Crippen molar-refractivity contribution in [2.45, 2.75) is 46.1 Å². The third kappa shape index (κ3) is 4.47. The number of rotatable bonds is 8. The highest BCUT2D eigenvalue weighted by molar-refractivity contribution is 5.98. The van der Waals surface area contributed by atoms with Gasteiger partial charge in [-0.25, -0.2) is 0 Å². The molecule has 0 aliphatic heterocycles. The van der Waals surface area contributed by atoms with Crippen LogP contribution in [0.2, 0.25) is 0 Å². The second-order valence-corrected chi connectivity index (χ2v) is 5.14. The van der Waals surface area contributed by atoms with Gasteiger partial charge in [0.2, 0.25) is 0 Å². The monoisotopic (exact) mass is 304 g/mol. The Kier molecular flexibility index (Phi) is 6.87. The molecule has 1 aromatic carbocycles. The van der Waals surface area contributed by atoms with Gasteiger partial charge < -0.3 is 14.8 Å². The molecule has 0 aliphatic rings. The minimum atomic E-state index is -0.904. The van der Waals surface area contributed by atoms with Gasteiger partial charge in [0.15, 0.2) is 0 Å². The highest BCUT2D eigenvalue weighted by Crippen LogP contribution is 2.24. The number of carbonyl (C=O) groups is 1. The number of amides is 1. The molecule has 1 N–H and O–H groups in total. The summed E-state index contributed by atoms with van der Waals surface area (Å²) in [5, 5.41) is 12.0. The average molecular weight is 304 g/mol. The topological polar surface area (TPSA) is 71.3 Å². The van der Waals surface area contributed by atoms with Gasteiger partial charge in [-0.1, -0.05) is 13.8 Å². The van der Waals surface area contributed by atoms with Crippen molar-refractivity contribution in [3.8, 4) is 11.8 Å². The standard InChI is InChI=1S/C17H24N2O3/c1-5-10-21-14-8-9-15(13(11-14)12-18)19-16(20)17(4,6-2)22-7-3/h8-9,11H,5-7,10H2,1-4H3,(H,19,20). The summed E-state index contributed by atoms with van der Waals surface area (Å²) >= 11 is 0. The quantitative estimate of drug-likeness (QED) is 0.798. The summed E-state index contributed by atoms with van der Waals surface area (Å²) in [4.78, 5) is 12.4. The van der Waals surface area contributed by atoms with Crippen molar-refractivity contribution >= 4 is 11.6 Å². The van der Waals surface area contributed by atoms with E-state index in [4.69, 9.17) is 9.47 Å². The van der Waals surface area contributed by atoms with Crippen molar-refractivity contribution in [1.29, 1.82) is 5.26 Å². The lowest BCUT2D eigenvalue weighted by Crippen LogP contribution is -2.42. The van der Waals surface area contributed by atoms with E-state index in [1.54, 1.807) is 25.1 Å². The van der Waals surface area contributed by atoms with Crippen LogP contribution in [-0.4, -0.2) is 24.7 Å². The van der Waals surface area contributed by atoms with Gasteiger partial charge in [0.1, 0.15) is 17.4 Å². The van der Waals surface area contributed by atoms with Crippen LogP contribution in [0.25, 0.3) is 0 Å². The van der Waals surface area contributed by atoms with E-state index in [1.807, 2.05) is 20.8 Å². The third-order valence-corrected chi connectivity index (χ3v) is 3.45. The van der Waals surface area contributed by atoms with E-state index in [2.05, 4.69) is 11.4 Å². The van der Waals surface area contributed by atoms with Gasteiger partial charge in [-0.05, 0) is 44.9 Å². The molecule has 22 heavy (non-hydrogen) atoms. The number of nitrogens with one attached hydrogen (secondary N) is 1. The van der Waals surface area contributed by atoms with Crippen molar-refractivity contribution in [3.05, 3.63) is 23.8 Å². The van der Waals surface area contributed by atoms with E-state index in [9.17, 15) is 10.1 Å². The van der Waals surface area contributed by atoms with Gasteiger partial charge >= 0.3 is 0 Å². The maximum absolute atomic E-state index is 12.4. The number of benzene rings is 1. The van der Waals surface area contributed by atoms with E-state index in [1.165, 1.54) is 0 Å². The fourth-order valence-electron chi connectivity index (χ4n) is 1.94. The van der Waals surface area contributed by atoms with Gasteiger partial charge in [-0.15, -0.1) is 0 Å². The third-order valence-electron chi connectivity index (χ3n) is 3.45. The van der Waals surface area contributed by atoms with Gasteiger partial charge in [-0.3, -0.25) is 4.79 Å². The van der Waals surface area contributed by atoms with Gasteiger partial charge in [0, 0.05) is 6.61 Å². The van der Waals surface area contributed by atoms with E-state index in [0.29, 0.717) is 36.6 Å². The smallest absolute Gasteiger partial charge is 0.256 e. The normalized spacial score (nSPS) is 13.0. The van der Waals surface area contributed by atoms with Crippen LogP contribution >= 0.6 is 0 Å². The van der Waals surface area contributed by atoms with Crippen molar-refractivity contribution in [1.82, 2.24) is 0 Å². The van der Waals surface area contributed by atoms with Crippen molar-refractivity contribution in [2.24, 2.45) is 0 Å². The summed E-state index contributed by atoms with van der Waals surface area (Å²) in [7, 11) is 0. The molecule has 120 valence electrons. The van der Waals surface area contributed by atoms with Crippen LogP contribution in [0.1, 0.15) is 46.1 Å². The zero-order valence-corrected chi connectivity index (χ0v) is 13.7. The number of ether oxygens (including phenoxy) is 2. The molecule has 1 unspecified atom stereocenters. The van der Waals surface area contributed by atoms with E-state index in [0.717, 1.165) is 6.42 Å². The first kappa shape index (κ1) is 18.0. The van der Waals surface area contributed by atoms with Crippen LogP contribution in [0.3, 0.4) is 0 Å². The number of anilines is 1. The molecule has 0 heterocycles. The molecule has 0 fully saturated rings. The lowest BCUT2D eigenvalue weighted by molar-refractivity contribution is -0.139. The predicted octanol–water partition coefficient (Wildman–Crippen LogP) is 3.49. The zero-order chi connectivity index (χ0) is 16.6. The minimum Gasteiger partial charge on any atom is -0.494 e. The minimum absolute atomic E-state index is 0.254. The first-order valence-electron chi connectivity index (χ1n) is 7.63. The lowest BCUT2D eigenvalue weighted by atomic mass is 10.0. The number of hydrogen-bond acceptors (Lipinski definition) is 4. The summed E-state index contributed by atoms with van der Waals surface area (Å²) in [6.45, 7) is 8.54. The van der Waals surface area contributed by atoms with Crippen LogP contribution in [0.4, 0.5) is 5.69 Å². The Hall–Kier alpha value is -2.06. The molecule has 0 saturated carbocycles. The SMILES string of the molecule is CCCOc1ccc(NC(=O)C(C)(CC)OCC)c(C#N)c1. The van der Waals surface area contributed by atoms with E-state index >= 15 is 0 Å². The molecule has 0 spiro atoms. The number of nitrogens with zero attached hydrogens (tertiary/aromatic N) is 1. The summed E-state index contributed by atoms with van der Waals surface area (Å²) in [5.74, 6) is 0.370. The van der Waals surface area contributed by atoms with Crippen molar-refractivity contribution in [3.63, 3.8) is 0 Å². The molecule has 1 amide bonds. The Morgan fingerprint density at radius 3 is 2.64 bits per heavy atom. The van der Waals surface area contributed by atoms with Gasteiger partial charge in [0.05, 0.1) is 17.9 Å². The zero-order valence-electron chi connectivity index (χ0n) is 13.7. The Morgan fingerprint density at radius 1 is 1.36 bits per heavy atom. The molecule has 1 atom stereocenters. The van der Waals surface area contributed by atoms with E-state index in [-0.39, 0.29) is 5.91 Å². The Balaban J connectivity index is 2.93. The number of carbonyl (C=O) groups excluding carboxylic acids is 1. The number of hydrogen-bond donors (Lipinski definition) is 1. The van der Waals surface area contributed by atoms with Gasteiger partial charge in [0.25, 0.3) is 5.91 Å². The van der Waals surface area contributed by atoms with Crippen LogP contribution < -0.4 is 10.1 Å². The van der Waals surface area contributed by atoms with Crippen LogP contribution in [-0.2, 0) is 9.53 Å². The summed E-state index contributed by atoms with van der Waals surface area (Å²) < 4.78 is 11.0. The molecule has 1 aromatic rings. The largest absolute Gasteiger partial charge is 0.494 e. The van der Waals surface area contributed by atoms with Gasteiger partial charge in [-0.2, -0.15) is 5.26 Å². The maximum Gasteiger partial charge on any atom is 0.256 e. The van der Waals surface area contributed by atoms with Crippen molar-refractivity contribution in [2.75, 3.05) is 18.5 Å². The Labute approximate surface area is 132 Å². The highest BCUT2D eigenvalue weighted by atomic mass is 16.5. The Bertz CT molecular complexity index is 551. The average Bonchev–Trinajstić information content (AvgIpc) is 2.53. The van der Waals surface area contributed by atoms with Crippen molar-refractivity contribution < 1.29 is 14.3 Å². The molecular formula is C17H24N2O3. The fourth-order valence-corrected chi connectivity index (χ4v) is 1.94. The van der Waals surface area contributed by atoms with Crippen LogP contribution in [0, 0.1) is 11.3 Å². The fraction of sp³-hybridized carbons (Fsp3) is 0.529. The summed E-state index contributed by atoms with van der Waals surface area (Å²) in [6.07, 6.45) is 1.44. The summed E-state index contributed by atoms with van der Waals surface area (Å²) in [6, 6.07) is 7.15. The molecule has 5 heteroatoms. The van der Waals surface area contributed by atoms with Crippen LogP contribution in [0.15, 0.2) is 18.2 Å².